The van der Waals surface area contributed by atoms with Crippen LogP contribution in [-0.2, 0) is 22.3 Å². The first-order valence-corrected chi connectivity index (χ1v) is 8.06. The molecule has 6 nitrogen and oxygen atoms in total. The average Bonchev–Trinajstić information content (AvgIpc) is 2.66. The monoisotopic (exact) mass is 453 g/mol. The predicted octanol–water partition coefficient (Wildman–Crippen LogP) is 4.07. The van der Waals surface area contributed by atoms with Crippen LogP contribution in [-0.4, -0.2) is 23.3 Å². The van der Waals surface area contributed by atoms with Crippen molar-refractivity contribution >= 4 is 23.9 Å². The van der Waals surface area contributed by atoms with Crippen molar-refractivity contribution in [2.24, 2.45) is 0 Å². The molecule has 0 aliphatic heterocycles. The minimum Gasteiger partial charge on any atom is -0.478 e. The Balaban J connectivity index is 2.35. The lowest BCUT2D eigenvalue weighted by Crippen LogP contribution is -2.18. The second-order valence-electron chi connectivity index (χ2n) is 5.82. The average molecular weight is 453 g/mol. The van der Waals surface area contributed by atoms with Crippen LogP contribution in [0.15, 0.2) is 18.2 Å². The SMILES string of the molecule is O=CCC(=O)Oc1ccc(NCc2c(F)c(F)c(C(F)(F)F)c(F)c2F)cc1C(=O)O. The van der Waals surface area contributed by atoms with E-state index < -0.39 is 76.8 Å². The minimum atomic E-state index is -5.69. The zero-order valence-corrected chi connectivity index (χ0v) is 14.9. The number of carboxylic acid groups (broad SMARTS) is 1. The molecule has 2 N–H and O–H groups in total. The molecule has 0 amide bonds. The normalized spacial score (nSPS) is 11.2. The quantitative estimate of drug-likeness (QED) is 0.164. The molecule has 13 heteroatoms. The van der Waals surface area contributed by atoms with Crippen molar-refractivity contribution in [1.82, 2.24) is 0 Å². The van der Waals surface area contributed by atoms with E-state index in [1.165, 1.54) is 0 Å². The van der Waals surface area contributed by atoms with Crippen molar-refractivity contribution in [3.05, 3.63) is 58.2 Å². The fraction of sp³-hybridized carbons (Fsp3) is 0.167. The molecule has 0 atom stereocenters. The van der Waals surface area contributed by atoms with Gasteiger partial charge in [0.25, 0.3) is 0 Å². The van der Waals surface area contributed by atoms with Crippen LogP contribution < -0.4 is 10.1 Å². The number of benzene rings is 2. The molecule has 0 unspecified atom stereocenters. The van der Waals surface area contributed by atoms with Gasteiger partial charge in [-0.05, 0) is 18.2 Å². The number of carbonyl (C=O) groups is 3. The first-order valence-electron chi connectivity index (χ1n) is 8.06. The van der Waals surface area contributed by atoms with Gasteiger partial charge in [-0.1, -0.05) is 0 Å². The summed E-state index contributed by atoms with van der Waals surface area (Å²) in [6.45, 7) is -1.06. The molecule has 31 heavy (non-hydrogen) atoms. The van der Waals surface area contributed by atoms with Gasteiger partial charge < -0.3 is 20.0 Å². The van der Waals surface area contributed by atoms with E-state index in [4.69, 9.17) is 0 Å². The Kier molecular flexibility index (Phi) is 6.88. The fourth-order valence-electron chi connectivity index (χ4n) is 2.40. The van der Waals surface area contributed by atoms with E-state index in [1.807, 2.05) is 0 Å². The van der Waals surface area contributed by atoms with Crippen molar-refractivity contribution in [3.63, 3.8) is 0 Å². The van der Waals surface area contributed by atoms with Gasteiger partial charge in [0.2, 0.25) is 0 Å². The summed E-state index contributed by atoms with van der Waals surface area (Å²) >= 11 is 0. The number of hydrogen-bond donors (Lipinski definition) is 2. The van der Waals surface area contributed by atoms with Gasteiger partial charge in [-0.25, -0.2) is 22.4 Å². The number of esters is 1. The Morgan fingerprint density at radius 1 is 1.03 bits per heavy atom. The van der Waals surface area contributed by atoms with E-state index in [2.05, 4.69) is 10.1 Å². The van der Waals surface area contributed by atoms with Crippen molar-refractivity contribution in [2.75, 3.05) is 5.32 Å². The molecule has 2 aromatic rings. The second-order valence-corrected chi connectivity index (χ2v) is 5.82. The number of rotatable bonds is 7. The van der Waals surface area contributed by atoms with Gasteiger partial charge >= 0.3 is 18.1 Å². The summed E-state index contributed by atoms with van der Waals surface area (Å²) in [6, 6.07) is 2.80. The topological polar surface area (TPSA) is 92.7 Å². The van der Waals surface area contributed by atoms with Crippen molar-refractivity contribution < 1.29 is 55.0 Å². The molecule has 0 spiro atoms. The van der Waals surface area contributed by atoms with Crippen LogP contribution in [0.3, 0.4) is 0 Å². The lowest BCUT2D eigenvalue weighted by atomic mass is 10.1. The molecule has 0 saturated carbocycles. The van der Waals surface area contributed by atoms with Crippen molar-refractivity contribution in [3.8, 4) is 5.75 Å². The Morgan fingerprint density at radius 3 is 2.10 bits per heavy atom. The standard InChI is InChI=1S/C18H10F7NO5/c19-13-9(14(20)16(22)12(15(13)21)18(23,24)25)6-26-7-1-2-10(8(5-7)17(29)30)31-11(28)3-4-27/h1-2,4-5,26H,3,6H2,(H,29,30). The van der Waals surface area contributed by atoms with Gasteiger partial charge in [-0.2, -0.15) is 13.2 Å². The molecule has 0 radical (unpaired) electrons. The van der Waals surface area contributed by atoms with Gasteiger partial charge in [0, 0.05) is 17.8 Å². The first kappa shape index (κ1) is 23.6. The van der Waals surface area contributed by atoms with Crippen LogP contribution in [0.4, 0.5) is 36.4 Å². The lowest BCUT2D eigenvalue weighted by molar-refractivity contribution is -0.143. The van der Waals surface area contributed by atoms with Gasteiger partial charge in [0.1, 0.15) is 29.6 Å². The highest BCUT2D eigenvalue weighted by Crippen LogP contribution is 2.37. The van der Waals surface area contributed by atoms with Crippen LogP contribution in [0, 0.1) is 23.3 Å². The summed E-state index contributed by atoms with van der Waals surface area (Å²) in [5.74, 6) is -13.0. The lowest BCUT2D eigenvalue weighted by Gasteiger charge is -2.15. The molecule has 0 aliphatic rings. The summed E-state index contributed by atoms with van der Waals surface area (Å²) in [7, 11) is 0. The second kappa shape index (κ2) is 9.02. The number of halogens is 7. The number of aromatic carboxylic acids is 1. The van der Waals surface area contributed by atoms with Crippen LogP contribution in [0.25, 0.3) is 0 Å². The zero-order valence-electron chi connectivity index (χ0n) is 14.9. The van der Waals surface area contributed by atoms with Gasteiger partial charge in [-0.3, -0.25) is 4.79 Å². The van der Waals surface area contributed by atoms with Crippen molar-refractivity contribution in [2.45, 2.75) is 19.1 Å². The molecule has 0 fully saturated rings. The molecule has 2 aromatic carbocycles. The van der Waals surface area contributed by atoms with E-state index >= 15 is 0 Å². The third-order valence-corrected chi connectivity index (χ3v) is 3.79. The number of anilines is 1. The summed E-state index contributed by atoms with van der Waals surface area (Å²) in [5.41, 5.74) is -4.95. The third-order valence-electron chi connectivity index (χ3n) is 3.79. The number of ether oxygens (including phenoxy) is 1. The Bertz CT molecular complexity index is 1020. The van der Waals surface area contributed by atoms with E-state index in [9.17, 15) is 50.2 Å². The number of aldehydes is 1. The number of carboxylic acids is 1. The summed E-state index contributed by atoms with van der Waals surface area (Å²) < 4.78 is 97.6. The molecular formula is C18H10F7NO5. The number of carbonyl (C=O) groups excluding carboxylic acids is 2. The van der Waals surface area contributed by atoms with E-state index in [0.29, 0.717) is 0 Å². The molecule has 0 aromatic heterocycles. The summed E-state index contributed by atoms with van der Waals surface area (Å²) in [5, 5.41) is 11.4. The molecular weight excluding hydrogens is 443 g/mol. The summed E-state index contributed by atoms with van der Waals surface area (Å²) in [4.78, 5) is 32.9. The minimum absolute atomic E-state index is 0.202. The molecule has 0 aliphatic carbocycles. The van der Waals surface area contributed by atoms with Gasteiger partial charge in [0.05, 0.1) is 0 Å². The molecule has 0 heterocycles. The molecule has 2 rings (SSSR count). The highest BCUT2D eigenvalue weighted by Gasteiger charge is 2.42. The Hall–Kier alpha value is -3.64. The number of nitrogens with one attached hydrogen (secondary N) is 1. The van der Waals surface area contributed by atoms with E-state index in [1.54, 1.807) is 0 Å². The predicted molar refractivity (Wildman–Crippen MR) is 88.3 cm³/mol. The summed E-state index contributed by atoms with van der Waals surface area (Å²) in [6.07, 6.45) is -6.14. The Labute approximate surface area is 168 Å². The maximum atomic E-state index is 13.9. The van der Waals surface area contributed by atoms with Crippen LogP contribution in [0.2, 0.25) is 0 Å². The highest BCUT2D eigenvalue weighted by molar-refractivity contribution is 5.94. The van der Waals surface area contributed by atoms with Crippen LogP contribution in [0.5, 0.6) is 5.75 Å². The molecule has 166 valence electrons. The molecule has 0 bridgehead atoms. The smallest absolute Gasteiger partial charge is 0.422 e. The van der Waals surface area contributed by atoms with E-state index in [0.717, 1.165) is 18.2 Å². The maximum Gasteiger partial charge on any atom is 0.422 e. The fourth-order valence-corrected chi connectivity index (χ4v) is 2.40. The highest BCUT2D eigenvalue weighted by atomic mass is 19.4. The third kappa shape index (κ3) is 5.10. The zero-order chi connectivity index (χ0) is 23.5. The van der Waals surface area contributed by atoms with Crippen LogP contribution in [0.1, 0.15) is 27.9 Å². The Morgan fingerprint density at radius 2 is 1.61 bits per heavy atom. The van der Waals surface area contributed by atoms with Crippen molar-refractivity contribution in [1.29, 1.82) is 0 Å². The van der Waals surface area contributed by atoms with Gasteiger partial charge in [-0.15, -0.1) is 0 Å². The number of hydrogen-bond acceptors (Lipinski definition) is 5. The number of alkyl halides is 3. The first-order chi connectivity index (χ1) is 14.4. The molecule has 0 saturated heterocycles. The maximum absolute atomic E-state index is 13.9. The van der Waals surface area contributed by atoms with Gasteiger partial charge in [0.15, 0.2) is 23.3 Å². The van der Waals surface area contributed by atoms with E-state index in [-0.39, 0.29) is 12.0 Å². The largest absolute Gasteiger partial charge is 0.478 e. The van der Waals surface area contributed by atoms with Crippen LogP contribution >= 0.6 is 0 Å².